The van der Waals surface area contributed by atoms with Gasteiger partial charge in [0.05, 0.1) is 0 Å². The fraction of sp³-hybridized carbons (Fsp3) is 0. The SMILES string of the molecule is O[B-](O)(O)c1ccsc1.[Na+]. The molecule has 0 saturated heterocycles. The summed E-state index contributed by atoms with van der Waals surface area (Å²) >= 11 is 1.30. The van der Waals surface area contributed by atoms with Crippen LogP contribution in [0.3, 0.4) is 0 Å². The van der Waals surface area contributed by atoms with E-state index in [9.17, 15) is 0 Å². The van der Waals surface area contributed by atoms with E-state index < -0.39 is 6.75 Å². The van der Waals surface area contributed by atoms with E-state index in [1.54, 1.807) is 5.38 Å². The Kier molecular flexibility index (Phi) is 4.12. The quantitative estimate of drug-likeness (QED) is 0.373. The van der Waals surface area contributed by atoms with E-state index in [-0.39, 0.29) is 35.0 Å². The monoisotopic (exact) mass is 168 g/mol. The van der Waals surface area contributed by atoms with Gasteiger partial charge in [-0.1, -0.05) is 6.07 Å². The van der Waals surface area contributed by atoms with Crippen LogP contribution in [0.2, 0.25) is 0 Å². The van der Waals surface area contributed by atoms with Crippen molar-refractivity contribution in [1.29, 1.82) is 0 Å². The maximum Gasteiger partial charge on any atom is 1.00 e. The van der Waals surface area contributed by atoms with Crippen molar-refractivity contribution in [2.75, 3.05) is 0 Å². The second-order valence-corrected chi connectivity index (χ2v) is 2.57. The van der Waals surface area contributed by atoms with Gasteiger partial charge >= 0.3 is 36.3 Å². The van der Waals surface area contributed by atoms with Gasteiger partial charge in [0.25, 0.3) is 0 Å². The molecule has 0 bridgehead atoms. The van der Waals surface area contributed by atoms with Gasteiger partial charge in [0.1, 0.15) is 0 Å². The van der Waals surface area contributed by atoms with Gasteiger partial charge < -0.3 is 15.1 Å². The van der Waals surface area contributed by atoms with E-state index in [0.29, 0.717) is 0 Å². The van der Waals surface area contributed by atoms with Crippen LogP contribution in [-0.4, -0.2) is 21.8 Å². The summed E-state index contributed by atoms with van der Waals surface area (Å²) in [5, 5.41) is 28.8. The van der Waals surface area contributed by atoms with Crippen LogP contribution in [0.25, 0.3) is 0 Å². The van der Waals surface area contributed by atoms with Crippen LogP contribution in [-0.2, 0) is 0 Å². The molecule has 0 fully saturated rings. The van der Waals surface area contributed by atoms with Gasteiger partial charge in [0.15, 0.2) is 0 Å². The van der Waals surface area contributed by atoms with Gasteiger partial charge in [-0.05, 0) is 10.8 Å². The van der Waals surface area contributed by atoms with Gasteiger partial charge in [-0.15, -0.1) is 5.46 Å². The molecule has 0 spiro atoms. The molecule has 0 amide bonds. The Labute approximate surface area is 84.6 Å². The third-order valence-electron chi connectivity index (χ3n) is 0.990. The molecule has 3 nitrogen and oxygen atoms in total. The average Bonchev–Trinajstić information content (AvgIpc) is 2.08. The molecule has 0 radical (unpaired) electrons. The zero-order chi connectivity index (χ0) is 6.91. The first-order valence-corrected chi connectivity index (χ1v) is 3.39. The Balaban J connectivity index is 0.000000810. The third kappa shape index (κ3) is 2.71. The summed E-state index contributed by atoms with van der Waals surface area (Å²) in [7, 11) is 0. The predicted molar refractivity (Wildman–Crippen MR) is 36.4 cm³/mol. The molecule has 3 N–H and O–H groups in total. The van der Waals surface area contributed by atoms with Crippen molar-refractivity contribution < 1.29 is 44.6 Å². The van der Waals surface area contributed by atoms with Crippen molar-refractivity contribution >= 4 is 23.6 Å². The predicted octanol–water partition coefficient (Wildman–Crippen LogP) is -4.13. The Morgan fingerprint density at radius 2 is 1.90 bits per heavy atom. The topological polar surface area (TPSA) is 60.7 Å². The smallest absolute Gasteiger partial charge is 0.556 e. The summed E-state index contributed by atoms with van der Waals surface area (Å²) in [5.41, 5.74) is 0.167. The minimum atomic E-state index is -3.25. The van der Waals surface area contributed by atoms with Crippen molar-refractivity contribution in [3.8, 4) is 0 Å². The molecule has 50 valence electrons. The van der Waals surface area contributed by atoms with E-state index in [1.165, 1.54) is 22.8 Å². The summed E-state index contributed by atoms with van der Waals surface area (Å²) in [5.74, 6) is 0. The van der Waals surface area contributed by atoms with Crippen LogP contribution in [0.15, 0.2) is 16.8 Å². The molecule has 1 aromatic rings. The summed E-state index contributed by atoms with van der Waals surface area (Å²) in [4.78, 5) is 0. The first-order chi connectivity index (χ1) is 4.11. The summed E-state index contributed by atoms with van der Waals surface area (Å²) < 4.78 is 0. The Morgan fingerprint density at radius 3 is 2.10 bits per heavy atom. The van der Waals surface area contributed by atoms with Crippen LogP contribution in [0, 0.1) is 0 Å². The van der Waals surface area contributed by atoms with E-state index in [1.807, 2.05) is 0 Å². The molecule has 6 heteroatoms. The zero-order valence-corrected chi connectivity index (χ0v) is 8.38. The summed E-state index contributed by atoms with van der Waals surface area (Å²) in [6.07, 6.45) is 0. The number of hydrogen-bond acceptors (Lipinski definition) is 4. The summed E-state index contributed by atoms with van der Waals surface area (Å²) in [6.45, 7) is -3.25. The Bertz CT molecular complexity index is 183. The standard InChI is InChI=1S/C4H6BO3S.Na/c6-5(7,8)4-1-2-9-3-4;/h1-3,6-8H;/q-1;+1. The number of rotatable bonds is 1. The van der Waals surface area contributed by atoms with Gasteiger partial charge in [0, 0.05) is 0 Å². The van der Waals surface area contributed by atoms with Crippen molar-refractivity contribution in [3.05, 3.63) is 16.8 Å². The minimum absolute atomic E-state index is 0. The largest absolute Gasteiger partial charge is 1.00 e. The zero-order valence-electron chi connectivity index (χ0n) is 5.56. The van der Waals surface area contributed by atoms with Crippen LogP contribution >= 0.6 is 11.3 Å². The second-order valence-electron chi connectivity index (χ2n) is 1.79. The molecule has 0 unspecified atom stereocenters. The summed E-state index contributed by atoms with van der Waals surface area (Å²) in [6, 6.07) is 1.46. The van der Waals surface area contributed by atoms with E-state index in [0.717, 1.165) is 0 Å². The molecule has 1 rings (SSSR count). The molecule has 0 saturated carbocycles. The molecule has 0 aliphatic heterocycles. The Hall–Kier alpha value is 0.645. The van der Waals surface area contributed by atoms with Gasteiger partial charge in [-0.3, -0.25) is 0 Å². The van der Waals surface area contributed by atoms with E-state index in [2.05, 4.69) is 0 Å². The van der Waals surface area contributed by atoms with E-state index in [4.69, 9.17) is 15.1 Å². The molecule has 0 atom stereocenters. The molecular weight excluding hydrogens is 162 g/mol. The molecule has 0 aliphatic rings. The van der Waals surface area contributed by atoms with Gasteiger partial charge in [-0.25, -0.2) is 0 Å². The van der Waals surface area contributed by atoms with Crippen molar-refractivity contribution in [2.45, 2.75) is 0 Å². The van der Waals surface area contributed by atoms with Crippen LogP contribution < -0.4 is 35.0 Å². The van der Waals surface area contributed by atoms with E-state index >= 15 is 0 Å². The Morgan fingerprint density at radius 1 is 1.30 bits per heavy atom. The molecule has 0 aliphatic carbocycles. The van der Waals surface area contributed by atoms with Crippen LogP contribution in [0.4, 0.5) is 0 Å². The maximum absolute atomic E-state index is 8.56. The fourth-order valence-electron chi connectivity index (χ4n) is 0.495. The first kappa shape index (κ1) is 10.6. The minimum Gasteiger partial charge on any atom is -0.556 e. The molecular formula is C4H6BNaO3S. The second kappa shape index (κ2) is 3.87. The normalized spacial score (nSPS) is 10.7. The van der Waals surface area contributed by atoms with Crippen molar-refractivity contribution in [1.82, 2.24) is 0 Å². The van der Waals surface area contributed by atoms with Crippen molar-refractivity contribution in [2.24, 2.45) is 0 Å². The van der Waals surface area contributed by atoms with Crippen molar-refractivity contribution in [3.63, 3.8) is 0 Å². The molecule has 0 aromatic carbocycles. The molecule has 1 aromatic heterocycles. The molecule has 10 heavy (non-hydrogen) atoms. The first-order valence-electron chi connectivity index (χ1n) is 2.45. The average molecular weight is 168 g/mol. The van der Waals surface area contributed by atoms with Crippen LogP contribution in [0.5, 0.6) is 0 Å². The van der Waals surface area contributed by atoms with Crippen LogP contribution in [0.1, 0.15) is 0 Å². The number of thiophene rings is 1. The van der Waals surface area contributed by atoms with Gasteiger partial charge in [-0.2, -0.15) is 11.3 Å². The van der Waals surface area contributed by atoms with Gasteiger partial charge in [0.2, 0.25) is 0 Å². The maximum atomic E-state index is 8.56. The fourth-order valence-corrected chi connectivity index (χ4v) is 1.23. The number of hydrogen-bond donors (Lipinski definition) is 3. The molecule has 1 heterocycles. The third-order valence-corrected chi connectivity index (χ3v) is 1.69.